The van der Waals surface area contributed by atoms with Crippen molar-refractivity contribution in [2.45, 2.75) is 6.92 Å². The van der Waals surface area contributed by atoms with Crippen molar-refractivity contribution >= 4 is 28.3 Å². The summed E-state index contributed by atoms with van der Waals surface area (Å²) in [7, 11) is 0. The van der Waals surface area contributed by atoms with Crippen molar-refractivity contribution in [1.82, 2.24) is 0 Å². The van der Waals surface area contributed by atoms with Gasteiger partial charge in [-0.25, -0.2) is 0 Å². The van der Waals surface area contributed by atoms with Crippen LogP contribution >= 0.6 is 22.6 Å². The molecule has 0 saturated carbocycles. The minimum atomic E-state index is 0.504. The van der Waals surface area contributed by atoms with Crippen molar-refractivity contribution in [3.63, 3.8) is 0 Å². The highest BCUT2D eigenvalue weighted by Gasteiger charge is 1.93. The van der Waals surface area contributed by atoms with Crippen LogP contribution in [0, 0.1) is 15.4 Å². The lowest BCUT2D eigenvalue weighted by atomic mass is 10.2. The summed E-state index contributed by atoms with van der Waals surface area (Å²) in [4.78, 5) is 10.1. The van der Waals surface area contributed by atoms with E-state index in [9.17, 15) is 4.91 Å². The maximum absolute atomic E-state index is 10.1. The highest BCUT2D eigenvalue weighted by molar-refractivity contribution is 14.1. The van der Waals surface area contributed by atoms with Crippen LogP contribution in [0.4, 0.5) is 5.69 Å². The van der Waals surface area contributed by atoms with Crippen LogP contribution in [0.25, 0.3) is 0 Å². The predicted octanol–water partition coefficient (Wildman–Crippen LogP) is 3.00. The quantitative estimate of drug-likeness (QED) is 0.554. The highest BCUT2D eigenvalue weighted by Crippen LogP contribution is 2.17. The molecule has 0 N–H and O–H groups in total. The second-order valence-corrected chi connectivity index (χ2v) is 3.32. The van der Waals surface area contributed by atoms with Gasteiger partial charge in [-0.15, -0.1) is 4.91 Å². The lowest BCUT2D eigenvalue weighted by molar-refractivity contribution is 1.40. The molecule has 0 aliphatic carbocycles. The first kappa shape index (κ1) is 7.65. The van der Waals surface area contributed by atoms with E-state index in [2.05, 4.69) is 27.8 Å². The zero-order valence-corrected chi connectivity index (χ0v) is 7.62. The molecule has 0 amide bonds. The molecule has 0 radical (unpaired) electrons. The average molecular weight is 247 g/mol. The lowest BCUT2D eigenvalue weighted by Crippen LogP contribution is -1.73. The molecular formula is C7H6INO. The van der Waals surface area contributed by atoms with Gasteiger partial charge in [-0.1, -0.05) is 0 Å². The topological polar surface area (TPSA) is 29.4 Å². The van der Waals surface area contributed by atoms with E-state index in [4.69, 9.17) is 0 Å². The zero-order valence-electron chi connectivity index (χ0n) is 5.47. The van der Waals surface area contributed by atoms with Gasteiger partial charge in [-0.2, -0.15) is 0 Å². The molecular weight excluding hydrogens is 241 g/mol. The number of rotatable bonds is 1. The van der Waals surface area contributed by atoms with Crippen molar-refractivity contribution in [3.05, 3.63) is 32.2 Å². The molecule has 0 fully saturated rings. The molecule has 0 aromatic heterocycles. The Morgan fingerprint density at radius 2 is 2.10 bits per heavy atom. The molecule has 10 heavy (non-hydrogen) atoms. The number of nitrogens with zero attached hydrogens (tertiary/aromatic N) is 1. The first-order valence-electron chi connectivity index (χ1n) is 2.83. The summed E-state index contributed by atoms with van der Waals surface area (Å²) in [5.41, 5.74) is 1.57. The zero-order chi connectivity index (χ0) is 7.56. The van der Waals surface area contributed by atoms with Crippen LogP contribution < -0.4 is 0 Å². The fraction of sp³-hybridized carbons (Fsp3) is 0.143. The van der Waals surface area contributed by atoms with E-state index >= 15 is 0 Å². The smallest absolute Gasteiger partial charge is 0.109 e. The van der Waals surface area contributed by atoms with Gasteiger partial charge in [-0.05, 0) is 58.5 Å². The average Bonchev–Trinajstić information content (AvgIpc) is 1.85. The molecule has 0 aliphatic heterocycles. The van der Waals surface area contributed by atoms with Gasteiger partial charge in [0.2, 0.25) is 0 Å². The summed E-state index contributed by atoms with van der Waals surface area (Å²) in [6, 6.07) is 5.50. The standard InChI is InChI=1S/C7H6INO/c1-5-2-6(8)4-7(3-5)9-10/h2-4H,1H3. The Kier molecular flexibility index (Phi) is 2.37. The third-order valence-corrected chi connectivity index (χ3v) is 1.76. The van der Waals surface area contributed by atoms with Crippen molar-refractivity contribution in [2.75, 3.05) is 0 Å². The minimum absolute atomic E-state index is 0.504. The van der Waals surface area contributed by atoms with Crippen LogP contribution in [0.2, 0.25) is 0 Å². The molecule has 3 heteroatoms. The molecule has 2 nitrogen and oxygen atoms in total. The minimum Gasteiger partial charge on any atom is -0.145 e. The Bertz CT molecular complexity index is 240. The summed E-state index contributed by atoms with van der Waals surface area (Å²) in [5.74, 6) is 0. The van der Waals surface area contributed by atoms with Crippen LogP contribution in [0.5, 0.6) is 0 Å². The molecule has 0 spiro atoms. The third kappa shape index (κ3) is 1.76. The van der Waals surface area contributed by atoms with Gasteiger partial charge in [-0.3, -0.25) is 0 Å². The summed E-state index contributed by atoms with van der Waals surface area (Å²) in [6.07, 6.45) is 0. The molecule has 1 aromatic carbocycles. The molecule has 0 aliphatic rings. The Balaban J connectivity index is 3.18. The summed E-state index contributed by atoms with van der Waals surface area (Å²) in [6.45, 7) is 1.94. The Hall–Kier alpha value is -0.450. The highest BCUT2D eigenvalue weighted by atomic mass is 127. The molecule has 1 rings (SSSR count). The molecule has 0 saturated heterocycles. The Morgan fingerprint density at radius 3 is 2.60 bits per heavy atom. The molecule has 0 atom stereocenters. The van der Waals surface area contributed by atoms with E-state index in [-0.39, 0.29) is 0 Å². The predicted molar refractivity (Wildman–Crippen MR) is 49.4 cm³/mol. The van der Waals surface area contributed by atoms with Crippen LogP contribution in [-0.2, 0) is 0 Å². The van der Waals surface area contributed by atoms with E-state index < -0.39 is 0 Å². The van der Waals surface area contributed by atoms with Gasteiger partial charge >= 0.3 is 0 Å². The second-order valence-electron chi connectivity index (χ2n) is 2.08. The lowest BCUT2D eigenvalue weighted by Gasteiger charge is -1.93. The maximum atomic E-state index is 10.1. The molecule has 0 unspecified atom stereocenters. The van der Waals surface area contributed by atoms with Gasteiger partial charge in [0.15, 0.2) is 0 Å². The fourth-order valence-electron chi connectivity index (χ4n) is 0.770. The fourth-order valence-corrected chi connectivity index (χ4v) is 1.58. The number of hydrogen-bond acceptors (Lipinski definition) is 2. The Labute approximate surface area is 72.8 Å². The number of aryl methyl sites for hydroxylation is 1. The van der Waals surface area contributed by atoms with Crippen molar-refractivity contribution in [3.8, 4) is 0 Å². The van der Waals surface area contributed by atoms with Crippen molar-refractivity contribution < 1.29 is 0 Å². The first-order valence-corrected chi connectivity index (χ1v) is 3.91. The van der Waals surface area contributed by atoms with E-state index in [1.807, 2.05) is 13.0 Å². The second kappa shape index (κ2) is 3.09. The largest absolute Gasteiger partial charge is 0.145 e. The van der Waals surface area contributed by atoms with E-state index in [1.165, 1.54) is 0 Å². The van der Waals surface area contributed by atoms with Crippen molar-refractivity contribution in [1.29, 1.82) is 0 Å². The van der Waals surface area contributed by atoms with Crippen LogP contribution in [0.15, 0.2) is 23.4 Å². The normalized spacial score (nSPS) is 9.40. The summed E-state index contributed by atoms with van der Waals surface area (Å²) < 4.78 is 1.05. The molecule has 0 bridgehead atoms. The van der Waals surface area contributed by atoms with Crippen molar-refractivity contribution in [2.24, 2.45) is 5.18 Å². The van der Waals surface area contributed by atoms with Gasteiger partial charge in [0.1, 0.15) is 5.69 Å². The van der Waals surface area contributed by atoms with E-state index in [0.717, 1.165) is 9.13 Å². The van der Waals surface area contributed by atoms with Gasteiger partial charge in [0.05, 0.1) is 0 Å². The first-order chi connectivity index (χ1) is 4.72. The summed E-state index contributed by atoms with van der Waals surface area (Å²) >= 11 is 2.16. The van der Waals surface area contributed by atoms with Crippen LogP contribution in [0.3, 0.4) is 0 Å². The van der Waals surface area contributed by atoms with Gasteiger partial charge in [0.25, 0.3) is 0 Å². The number of hydrogen-bond donors (Lipinski definition) is 0. The SMILES string of the molecule is Cc1cc(I)cc(N=O)c1. The summed E-state index contributed by atoms with van der Waals surface area (Å²) in [5, 5.41) is 2.84. The molecule has 0 heterocycles. The Morgan fingerprint density at radius 1 is 1.40 bits per heavy atom. The number of halogens is 1. The monoisotopic (exact) mass is 247 g/mol. The molecule has 1 aromatic rings. The maximum Gasteiger partial charge on any atom is 0.109 e. The van der Waals surface area contributed by atoms with Gasteiger partial charge < -0.3 is 0 Å². The third-order valence-electron chi connectivity index (χ3n) is 1.13. The van der Waals surface area contributed by atoms with Crippen LogP contribution in [-0.4, -0.2) is 0 Å². The molecule has 52 valence electrons. The number of benzene rings is 1. The van der Waals surface area contributed by atoms with Gasteiger partial charge in [0, 0.05) is 3.57 Å². The van der Waals surface area contributed by atoms with Crippen LogP contribution in [0.1, 0.15) is 5.56 Å². The van der Waals surface area contributed by atoms with E-state index in [1.54, 1.807) is 12.1 Å². The number of nitroso groups, excluding NO2 is 1. The van der Waals surface area contributed by atoms with E-state index in [0.29, 0.717) is 5.69 Å².